The number of aliphatic hydroxyl groups is 2. The van der Waals surface area contributed by atoms with Gasteiger partial charge in [-0.1, -0.05) is 6.92 Å². The van der Waals surface area contributed by atoms with E-state index in [2.05, 4.69) is 5.32 Å². The summed E-state index contributed by atoms with van der Waals surface area (Å²) in [5.41, 5.74) is 0. The molecule has 13 heavy (non-hydrogen) atoms. The van der Waals surface area contributed by atoms with Gasteiger partial charge in [0.05, 0.1) is 18.8 Å². The molecular weight excluding hydrogens is 174 g/mol. The Hall–Kier alpha value is -0.650. The van der Waals surface area contributed by atoms with Gasteiger partial charge in [0.25, 0.3) is 0 Å². The van der Waals surface area contributed by atoms with Gasteiger partial charge < -0.3 is 20.6 Å². The van der Waals surface area contributed by atoms with E-state index in [4.69, 9.17) is 10.2 Å². The lowest BCUT2D eigenvalue weighted by Gasteiger charge is -2.13. The molecule has 2 unspecified atom stereocenters. The molecule has 0 aliphatic rings. The average Bonchev–Trinajstić information content (AvgIpc) is 2.03. The predicted octanol–water partition coefficient (Wildman–Crippen LogP) is -0.817. The molecule has 0 saturated carbocycles. The highest BCUT2D eigenvalue weighted by Crippen LogP contribution is 2.00. The second-order valence-electron chi connectivity index (χ2n) is 2.98. The van der Waals surface area contributed by atoms with Crippen LogP contribution in [0.25, 0.3) is 0 Å². The maximum atomic E-state index is 10.1. The van der Waals surface area contributed by atoms with Crippen LogP contribution in [0.1, 0.15) is 19.8 Å². The van der Waals surface area contributed by atoms with E-state index in [0.717, 1.165) is 0 Å². The van der Waals surface area contributed by atoms with Crippen LogP contribution in [-0.2, 0) is 4.79 Å². The minimum atomic E-state index is -0.955. The Morgan fingerprint density at radius 2 is 2.00 bits per heavy atom. The summed E-state index contributed by atoms with van der Waals surface area (Å²) >= 11 is 0. The molecule has 0 fully saturated rings. The zero-order valence-corrected chi connectivity index (χ0v) is 7.73. The van der Waals surface area contributed by atoms with Gasteiger partial charge in [0.1, 0.15) is 0 Å². The molecule has 4 N–H and O–H groups in total. The maximum Gasteiger partial charge on any atom is 0.317 e. The molecule has 2 atom stereocenters. The van der Waals surface area contributed by atoms with E-state index in [1.165, 1.54) is 0 Å². The van der Waals surface area contributed by atoms with Crippen molar-refractivity contribution in [3.8, 4) is 0 Å². The number of hydrogen-bond acceptors (Lipinski definition) is 4. The molecule has 0 bridgehead atoms. The highest BCUT2D eigenvalue weighted by Gasteiger charge is 2.09. The molecule has 78 valence electrons. The summed E-state index contributed by atoms with van der Waals surface area (Å²) in [6.07, 6.45) is -0.324. The van der Waals surface area contributed by atoms with Crippen molar-refractivity contribution in [3.63, 3.8) is 0 Å². The SMILES string of the molecule is CCC(O)CC(O)CNCC(=O)O. The van der Waals surface area contributed by atoms with E-state index in [-0.39, 0.29) is 19.5 Å². The molecule has 0 radical (unpaired) electrons. The molecular formula is C8H17NO4. The lowest BCUT2D eigenvalue weighted by Crippen LogP contribution is -2.33. The zero-order valence-electron chi connectivity index (χ0n) is 7.73. The van der Waals surface area contributed by atoms with Crippen LogP contribution in [0.3, 0.4) is 0 Å². The number of hydrogen-bond donors (Lipinski definition) is 4. The number of rotatable bonds is 7. The van der Waals surface area contributed by atoms with Gasteiger partial charge in [0, 0.05) is 13.0 Å². The molecule has 0 saturated heterocycles. The monoisotopic (exact) mass is 191 g/mol. The molecule has 0 heterocycles. The number of carboxylic acid groups (broad SMARTS) is 1. The molecule has 0 aliphatic carbocycles. The zero-order chi connectivity index (χ0) is 10.3. The fourth-order valence-electron chi connectivity index (χ4n) is 0.910. The molecule has 5 heteroatoms. The van der Waals surface area contributed by atoms with Gasteiger partial charge in [0.15, 0.2) is 0 Å². The van der Waals surface area contributed by atoms with Crippen molar-refractivity contribution in [2.24, 2.45) is 0 Å². The van der Waals surface area contributed by atoms with Crippen molar-refractivity contribution in [1.29, 1.82) is 0 Å². The van der Waals surface area contributed by atoms with Crippen LogP contribution >= 0.6 is 0 Å². The smallest absolute Gasteiger partial charge is 0.317 e. The van der Waals surface area contributed by atoms with Crippen molar-refractivity contribution in [2.45, 2.75) is 32.0 Å². The number of aliphatic hydroxyl groups excluding tert-OH is 2. The Morgan fingerprint density at radius 3 is 2.46 bits per heavy atom. The molecule has 0 rings (SSSR count). The number of carboxylic acids is 1. The van der Waals surface area contributed by atoms with Crippen molar-refractivity contribution in [3.05, 3.63) is 0 Å². The Bertz CT molecular complexity index is 151. The van der Waals surface area contributed by atoms with Gasteiger partial charge in [-0.05, 0) is 6.42 Å². The first-order valence-corrected chi connectivity index (χ1v) is 4.34. The third-order valence-electron chi connectivity index (χ3n) is 1.67. The third kappa shape index (κ3) is 7.70. The van der Waals surface area contributed by atoms with Crippen LogP contribution in [0.5, 0.6) is 0 Å². The van der Waals surface area contributed by atoms with Crippen molar-refractivity contribution in [2.75, 3.05) is 13.1 Å². The highest BCUT2D eigenvalue weighted by molar-refractivity contribution is 5.68. The standard InChI is InChI=1S/C8H17NO4/c1-2-6(10)3-7(11)4-9-5-8(12)13/h6-7,9-11H,2-5H2,1H3,(H,12,13). The molecule has 0 aromatic rings. The molecule has 0 spiro atoms. The fourth-order valence-corrected chi connectivity index (χ4v) is 0.910. The lowest BCUT2D eigenvalue weighted by atomic mass is 10.1. The van der Waals surface area contributed by atoms with Gasteiger partial charge in [-0.2, -0.15) is 0 Å². The molecule has 0 aromatic heterocycles. The van der Waals surface area contributed by atoms with E-state index >= 15 is 0 Å². The van der Waals surface area contributed by atoms with Crippen molar-refractivity contribution in [1.82, 2.24) is 5.32 Å². The molecule has 5 nitrogen and oxygen atoms in total. The van der Waals surface area contributed by atoms with E-state index in [9.17, 15) is 9.90 Å². The van der Waals surface area contributed by atoms with Crippen LogP contribution in [-0.4, -0.2) is 46.6 Å². The summed E-state index contributed by atoms with van der Waals surface area (Å²) in [5.74, 6) is -0.955. The van der Waals surface area contributed by atoms with Crippen LogP contribution in [0.4, 0.5) is 0 Å². The second kappa shape index (κ2) is 6.82. The first-order valence-electron chi connectivity index (χ1n) is 4.34. The normalized spacial score (nSPS) is 15.3. The Kier molecular flexibility index (Phi) is 6.48. The quantitative estimate of drug-likeness (QED) is 0.422. The molecule has 0 aliphatic heterocycles. The first kappa shape index (κ1) is 12.3. The first-order chi connectivity index (χ1) is 6.06. The van der Waals surface area contributed by atoms with Crippen LogP contribution < -0.4 is 5.32 Å². The minimum Gasteiger partial charge on any atom is -0.480 e. The van der Waals surface area contributed by atoms with Crippen LogP contribution in [0.15, 0.2) is 0 Å². The van der Waals surface area contributed by atoms with Crippen molar-refractivity contribution < 1.29 is 20.1 Å². The lowest BCUT2D eigenvalue weighted by molar-refractivity contribution is -0.136. The highest BCUT2D eigenvalue weighted by atomic mass is 16.4. The Labute approximate surface area is 77.4 Å². The van der Waals surface area contributed by atoms with E-state index < -0.39 is 18.2 Å². The summed E-state index contributed by atoms with van der Waals surface area (Å²) in [4.78, 5) is 10.1. The number of aliphatic carboxylic acids is 1. The van der Waals surface area contributed by atoms with Gasteiger partial charge in [-0.15, -0.1) is 0 Å². The van der Waals surface area contributed by atoms with Crippen LogP contribution in [0, 0.1) is 0 Å². The van der Waals surface area contributed by atoms with E-state index in [1.807, 2.05) is 6.92 Å². The van der Waals surface area contributed by atoms with Gasteiger partial charge in [-0.25, -0.2) is 0 Å². The predicted molar refractivity (Wildman–Crippen MR) is 47.4 cm³/mol. The maximum absolute atomic E-state index is 10.1. The van der Waals surface area contributed by atoms with Gasteiger partial charge in [0.2, 0.25) is 0 Å². The fraction of sp³-hybridized carbons (Fsp3) is 0.875. The van der Waals surface area contributed by atoms with E-state index in [1.54, 1.807) is 0 Å². The second-order valence-corrected chi connectivity index (χ2v) is 2.98. The summed E-state index contributed by atoms with van der Waals surface area (Å²) in [6, 6.07) is 0. The molecule has 0 amide bonds. The Balaban J connectivity index is 3.39. The van der Waals surface area contributed by atoms with Gasteiger partial charge >= 0.3 is 5.97 Å². The number of nitrogens with one attached hydrogen (secondary N) is 1. The largest absolute Gasteiger partial charge is 0.480 e. The minimum absolute atomic E-state index is 0.167. The summed E-state index contributed by atoms with van der Waals surface area (Å²) in [5, 5.41) is 29.2. The van der Waals surface area contributed by atoms with E-state index in [0.29, 0.717) is 6.42 Å². The van der Waals surface area contributed by atoms with Crippen LogP contribution in [0.2, 0.25) is 0 Å². The average molecular weight is 191 g/mol. The summed E-state index contributed by atoms with van der Waals surface area (Å²) in [7, 11) is 0. The third-order valence-corrected chi connectivity index (χ3v) is 1.67. The Morgan fingerprint density at radius 1 is 1.38 bits per heavy atom. The van der Waals surface area contributed by atoms with Crippen molar-refractivity contribution >= 4 is 5.97 Å². The summed E-state index contributed by atoms with van der Waals surface area (Å²) in [6.45, 7) is 1.85. The van der Waals surface area contributed by atoms with Gasteiger partial charge in [-0.3, -0.25) is 4.79 Å². The number of carbonyl (C=O) groups is 1. The molecule has 0 aromatic carbocycles. The topological polar surface area (TPSA) is 89.8 Å². The summed E-state index contributed by atoms with van der Waals surface area (Å²) < 4.78 is 0.